The van der Waals surface area contributed by atoms with Crippen molar-refractivity contribution in [3.8, 4) is 0 Å². The van der Waals surface area contributed by atoms with Crippen LogP contribution >= 0.6 is 22.9 Å². The van der Waals surface area contributed by atoms with Crippen LogP contribution in [0.15, 0.2) is 23.7 Å². The smallest absolute Gasteiger partial charge is 0.130 e. The van der Waals surface area contributed by atoms with Crippen molar-refractivity contribution in [2.75, 3.05) is 5.32 Å². The molecule has 74 valence electrons. The molecule has 2 heterocycles. The highest BCUT2D eigenvalue weighted by Crippen LogP contribution is 2.26. The van der Waals surface area contributed by atoms with Crippen LogP contribution in [0.1, 0.15) is 24.3 Å². The lowest BCUT2D eigenvalue weighted by atomic mass is 10.2. The third-order valence-electron chi connectivity index (χ3n) is 1.97. The molecule has 1 unspecified atom stereocenters. The molecule has 1 atom stereocenters. The van der Waals surface area contributed by atoms with Gasteiger partial charge in [-0.05, 0) is 17.9 Å². The van der Waals surface area contributed by atoms with E-state index < -0.39 is 0 Å². The van der Waals surface area contributed by atoms with Crippen LogP contribution in [0.3, 0.4) is 0 Å². The molecule has 0 aliphatic rings. The highest BCUT2D eigenvalue weighted by Gasteiger charge is 2.10. The molecule has 3 nitrogen and oxygen atoms in total. The van der Waals surface area contributed by atoms with E-state index in [0.717, 1.165) is 11.4 Å². The van der Waals surface area contributed by atoms with Crippen molar-refractivity contribution in [2.45, 2.75) is 19.4 Å². The number of rotatable bonds is 4. The Balaban J connectivity index is 2.08. The molecule has 2 aromatic heterocycles. The highest BCUT2D eigenvalue weighted by molar-refractivity contribution is 7.10. The number of nitrogens with one attached hydrogen (secondary N) is 1. The fourth-order valence-corrected chi connectivity index (χ4v) is 2.60. The van der Waals surface area contributed by atoms with Crippen molar-refractivity contribution in [3.05, 3.63) is 28.6 Å². The van der Waals surface area contributed by atoms with Crippen molar-refractivity contribution < 1.29 is 0 Å². The van der Waals surface area contributed by atoms with Gasteiger partial charge in [0, 0.05) is 16.4 Å². The Bertz CT molecular complexity index is 355. The molecule has 0 saturated heterocycles. The lowest BCUT2D eigenvalue weighted by Gasteiger charge is -2.13. The Morgan fingerprint density at radius 3 is 3.07 bits per heavy atom. The summed E-state index contributed by atoms with van der Waals surface area (Å²) < 4.78 is 3.82. The molecule has 0 aromatic carbocycles. The minimum Gasteiger partial charge on any atom is -0.367 e. The molecule has 5 heteroatoms. The van der Waals surface area contributed by atoms with Crippen LogP contribution in [0.4, 0.5) is 5.00 Å². The van der Waals surface area contributed by atoms with Crippen LogP contribution in [-0.4, -0.2) is 9.59 Å². The molecular weight excluding hydrogens is 214 g/mol. The first kappa shape index (κ1) is 9.61. The summed E-state index contributed by atoms with van der Waals surface area (Å²) in [7, 11) is 0. The van der Waals surface area contributed by atoms with Gasteiger partial charge in [-0.2, -0.15) is 0 Å². The summed E-state index contributed by atoms with van der Waals surface area (Å²) in [4.78, 5) is 1.36. The second kappa shape index (κ2) is 4.52. The van der Waals surface area contributed by atoms with Crippen molar-refractivity contribution >= 4 is 27.9 Å². The van der Waals surface area contributed by atoms with E-state index in [9.17, 15) is 0 Å². The molecule has 2 rings (SSSR count). The number of thiophene rings is 1. The molecule has 0 bridgehead atoms. The first-order chi connectivity index (χ1) is 6.90. The van der Waals surface area contributed by atoms with Gasteiger partial charge in [-0.25, -0.2) is 0 Å². The fraction of sp³-hybridized carbons (Fsp3) is 0.333. The Kier molecular flexibility index (Phi) is 3.10. The van der Waals surface area contributed by atoms with E-state index in [0.29, 0.717) is 6.04 Å². The standard InChI is InChI=1S/C9H11N3S2/c1-2-7(8-4-3-5-13-8)11-9-6-10-12-14-9/h3-7,11H,2H2,1H3. The average molecular weight is 225 g/mol. The van der Waals surface area contributed by atoms with E-state index in [1.807, 2.05) is 0 Å². The molecule has 2 aromatic rings. The van der Waals surface area contributed by atoms with Gasteiger partial charge in [0.25, 0.3) is 0 Å². The van der Waals surface area contributed by atoms with E-state index in [2.05, 4.69) is 39.3 Å². The summed E-state index contributed by atoms with van der Waals surface area (Å²) in [5, 5.41) is 10.3. The van der Waals surface area contributed by atoms with Crippen molar-refractivity contribution in [1.29, 1.82) is 0 Å². The summed E-state index contributed by atoms with van der Waals surface area (Å²) in [5.41, 5.74) is 0. The average Bonchev–Trinajstić information content (AvgIpc) is 2.86. The highest BCUT2D eigenvalue weighted by atomic mass is 32.1. The summed E-state index contributed by atoms with van der Waals surface area (Å²) in [5.74, 6) is 0. The van der Waals surface area contributed by atoms with Crippen LogP contribution in [0.25, 0.3) is 0 Å². The Hall–Kier alpha value is -0.940. The van der Waals surface area contributed by atoms with E-state index in [4.69, 9.17) is 0 Å². The molecule has 0 aliphatic heterocycles. The summed E-state index contributed by atoms with van der Waals surface area (Å²) in [6.45, 7) is 2.17. The first-order valence-corrected chi connectivity index (χ1v) is 6.12. The van der Waals surface area contributed by atoms with Gasteiger partial charge < -0.3 is 5.32 Å². The molecule has 0 radical (unpaired) electrons. The topological polar surface area (TPSA) is 37.8 Å². The van der Waals surface area contributed by atoms with Crippen LogP contribution < -0.4 is 5.32 Å². The summed E-state index contributed by atoms with van der Waals surface area (Å²) >= 11 is 3.18. The third kappa shape index (κ3) is 2.10. The molecule has 0 aliphatic carbocycles. The number of anilines is 1. The zero-order valence-corrected chi connectivity index (χ0v) is 9.44. The largest absolute Gasteiger partial charge is 0.367 e. The molecule has 0 spiro atoms. The molecule has 14 heavy (non-hydrogen) atoms. The molecule has 1 N–H and O–H groups in total. The van der Waals surface area contributed by atoms with Gasteiger partial charge >= 0.3 is 0 Å². The zero-order chi connectivity index (χ0) is 9.80. The maximum Gasteiger partial charge on any atom is 0.130 e. The molecule has 0 saturated carbocycles. The van der Waals surface area contributed by atoms with E-state index in [1.165, 1.54) is 16.4 Å². The Labute approximate surface area is 91.0 Å². The predicted octanol–water partition coefficient (Wildman–Crippen LogP) is 3.16. The number of hydrogen-bond donors (Lipinski definition) is 1. The number of nitrogens with zero attached hydrogens (tertiary/aromatic N) is 2. The van der Waals surface area contributed by atoms with Crippen molar-refractivity contribution in [2.24, 2.45) is 0 Å². The van der Waals surface area contributed by atoms with Gasteiger partial charge in [0.2, 0.25) is 0 Å². The third-order valence-corrected chi connectivity index (χ3v) is 3.55. The van der Waals surface area contributed by atoms with Crippen LogP contribution in [0.2, 0.25) is 0 Å². The van der Waals surface area contributed by atoms with E-state index in [1.54, 1.807) is 17.5 Å². The van der Waals surface area contributed by atoms with Crippen LogP contribution in [0.5, 0.6) is 0 Å². The predicted molar refractivity (Wildman–Crippen MR) is 60.9 cm³/mol. The normalized spacial score (nSPS) is 12.6. The van der Waals surface area contributed by atoms with E-state index in [-0.39, 0.29) is 0 Å². The van der Waals surface area contributed by atoms with Crippen molar-refractivity contribution in [1.82, 2.24) is 9.59 Å². The van der Waals surface area contributed by atoms with Crippen molar-refractivity contribution in [3.63, 3.8) is 0 Å². The minimum atomic E-state index is 0.386. The zero-order valence-electron chi connectivity index (χ0n) is 7.80. The number of hydrogen-bond acceptors (Lipinski definition) is 5. The van der Waals surface area contributed by atoms with Gasteiger partial charge in [0.05, 0.1) is 12.2 Å². The van der Waals surface area contributed by atoms with Gasteiger partial charge in [-0.3, -0.25) is 0 Å². The second-order valence-electron chi connectivity index (χ2n) is 2.90. The van der Waals surface area contributed by atoms with Gasteiger partial charge in [-0.15, -0.1) is 16.4 Å². The molecular formula is C9H11N3S2. The second-order valence-corrected chi connectivity index (χ2v) is 4.67. The monoisotopic (exact) mass is 225 g/mol. The molecule has 0 fully saturated rings. The lowest BCUT2D eigenvalue weighted by molar-refractivity contribution is 0.766. The number of aromatic nitrogens is 2. The van der Waals surface area contributed by atoms with Crippen LogP contribution in [0, 0.1) is 0 Å². The SMILES string of the molecule is CCC(Nc1cnns1)c1cccs1. The van der Waals surface area contributed by atoms with Gasteiger partial charge in [-0.1, -0.05) is 17.5 Å². The fourth-order valence-electron chi connectivity index (χ4n) is 1.27. The maximum atomic E-state index is 3.82. The Morgan fingerprint density at radius 2 is 2.50 bits per heavy atom. The first-order valence-electron chi connectivity index (χ1n) is 4.47. The summed E-state index contributed by atoms with van der Waals surface area (Å²) in [6.07, 6.45) is 2.83. The minimum absolute atomic E-state index is 0.386. The molecule has 0 amide bonds. The van der Waals surface area contributed by atoms with E-state index >= 15 is 0 Å². The lowest BCUT2D eigenvalue weighted by Crippen LogP contribution is -2.06. The maximum absolute atomic E-state index is 3.82. The van der Waals surface area contributed by atoms with Crippen LogP contribution in [-0.2, 0) is 0 Å². The van der Waals surface area contributed by atoms with Gasteiger partial charge in [0.1, 0.15) is 5.00 Å². The van der Waals surface area contributed by atoms with Gasteiger partial charge in [0.15, 0.2) is 0 Å². The quantitative estimate of drug-likeness (QED) is 0.868. The summed E-state index contributed by atoms with van der Waals surface area (Å²) in [6, 6.07) is 4.62. The Morgan fingerprint density at radius 1 is 1.57 bits per heavy atom.